The minimum atomic E-state index is -1.46. The lowest BCUT2D eigenvalue weighted by atomic mass is 10.0. The fraction of sp³-hybridized carbons (Fsp3) is 0.343. The quantitative estimate of drug-likeness (QED) is 0.268. The molecule has 4 bridgehead atoms. The first-order valence-electron chi connectivity index (χ1n) is 15.1. The molecule has 2 heterocycles. The molecular weight excluding hydrogens is 606 g/mol. The maximum absolute atomic E-state index is 13.7. The van der Waals surface area contributed by atoms with Crippen LogP contribution in [0.5, 0.6) is 11.5 Å². The molecule has 0 fully saturated rings. The molecule has 0 radical (unpaired) electrons. The van der Waals surface area contributed by atoms with Gasteiger partial charge in [-0.05, 0) is 61.7 Å². The van der Waals surface area contributed by atoms with Gasteiger partial charge in [-0.1, -0.05) is 54.6 Å². The van der Waals surface area contributed by atoms with Gasteiger partial charge < -0.3 is 34.9 Å². The molecule has 12 heteroatoms. The minimum Gasteiger partial charge on any atom is -0.469 e. The monoisotopic (exact) mass is 645 g/mol. The second kappa shape index (κ2) is 15.7. The zero-order chi connectivity index (χ0) is 34.0. The van der Waals surface area contributed by atoms with Crippen molar-refractivity contribution in [3.63, 3.8) is 0 Å². The SMILES string of the molecule is COC(=O)C[C@@H]1NC(=O)[C@@H](NC(=O)OC(C)(C)C)Cc2cccc(c2)Oc2ccc(cc2)C[C@@H](C(=O)OCc2ccccc2)NC1=O. The Balaban J connectivity index is 1.68. The minimum absolute atomic E-state index is 0.0117. The molecule has 3 atom stereocenters. The van der Waals surface area contributed by atoms with Gasteiger partial charge in [-0.3, -0.25) is 14.4 Å². The van der Waals surface area contributed by atoms with E-state index in [1.807, 2.05) is 18.2 Å². The molecule has 47 heavy (non-hydrogen) atoms. The highest BCUT2D eigenvalue weighted by molar-refractivity contribution is 5.95. The third kappa shape index (κ3) is 10.9. The fourth-order valence-corrected chi connectivity index (χ4v) is 4.72. The second-order valence-electron chi connectivity index (χ2n) is 12.0. The number of carbonyl (C=O) groups excluding carboxylic acids is 5. The van der Waals surface area contributed by atoms with Crippen molar-refractivity contribution in [3.8, 4) is 11.5 Å². The Morgan fingerprint density at radius 3 is 2.26 bits per heavy atom. The van der Waals surface area contributed by atoms with Gasteiger partial charge in [-0.15, -0.1) is 0 Å². The van der Waals surface area contributed by atoms with Crippen molar-refractivity contribution in [1.82, 2.24) is 16.0 Å². The van der Waals surface area contributed by atoms with Crippen molar-refractivity contribution in [2.45, 2.75) is 70.4 Å². The Bertz CT molecular complexity index is 1570. The lowest BCUT2D eigenvalue weighted by molar-refractivity contribution is -0.149. The third-order valence-corrected chi connectivity index (χ3v) is 7.00. The van der Waals surface area contributed by atoms with Crippen molar-refractivity contribution in [2.24, 2.45) is 0 Å². The van der Waals surface area contributed by atoms with Crippen LogP contribution < -0.4 is 20.7 Å². The van der Waals surface area contributed by atoms with Crippen LogP contribution in [0.2, 0.25) is 0 Å². The number of benzene rings is 3. The summed E-state index contributed by atoms with van der Waals surface area (Å²) in [5, 5.41) is 7.77. The molecule has 0 unspecified atom stereocenters. The number of ether oxygens (including phenoxy) is 4. The van der Waals surface area contributed by atoms with Crippen LogP contribution in [0.1, 0.15) is 43.9 Å². The molecule has 3 N–H and O–H groups in total. The van der Waals surface area contributed by atoms with E-state index in [1.54, 1.807) is 81.4 Å². The number of carbonyl (C=O) groups is 5. The average molecular weight is 646 g/mol. The molecule has 2 aliphatic heterocycles. The summed E-state index contributed by atoms with van der Waals surface area (Å²) in [5.41, 5.74) is 1.22. The molecule has 5 rings (SSSR count). The van der Waals surface area contributed by atoms with Crippen LogP contribution in [0.25, 0.3) is 0 Å². The maximum atomic E-state index is 13.7. The van der Waals surface area contributed by atoms with E-state index < -0.39 is 60.0 Å². The predicted octanol–water partition coefficient (Wildman–Crippen LogP) is 3.75. The lowest BCUT2D eigenvalue weighted by Gasteiger charge is -2.26. The van der Waals surface area contributed by atoms with Crippen LogP contribution in [-0.4, -0.2) is 60.7 Å². The zero-order valence-electron chi connectivity index (χ0n) is 26.7. The summed E-state index contributed by atoms with van der Waals surface area (Å²) >= 11 is 0. The standard InChI is InChI=1S/C35H39N3O9/c1-35(2,3)47-34(43)38-27-19-24-11-8-12-26(17-24)46-25-15-13-22(14-16-25)18-29(33(42)45-21-23-9-6-5-7-10-23)37-32(41)28(36-31(27)40)20-30(39)44-4/h5-17,27-29H,18-21H2,1-4H3,(H,36,40)(H,37,41)(H,38,43)/t27-,28-,29-/m0/s1. The van der Waals surface area contributed by atoms with Crippen LogP contribution in [0, 0.1) is 0 Å². The molecule has 2 aliphatic rings. The van der Waals surface area contributed by atoms with Gasteiger partial charge in [0.2, 0.25) is 11.8 Å². The maximum Gasteiger partial charge on any atom is 0.408 e. The van der Waals surface area contributed by atoms with Gasteiger partial charge in [0.25, 0.3) is 0 Å². The lowest BCUT2D eigenvalue weighted by Crippen LogP contribution is -2.57. The summed E-state index contributed by atoms with van der Waals surface area (Å²) < 4.78 is 21.7. The van der Waals surface area contributed by atoms with Crippen LogP contribution in [0.4, 0.5) is 4.79 Å². The Labute approximate surface area is 273 Å². The highest BCUT2D eigenvalue weighted by atomic mass is 16.6. The van der Waals surface area contributed by atoms with E-state index in [1.165, 1.54) is 0 Å². The summed E-state index contributed by atoms with van der Waals surface area (Å²) in [6.07, 6.45) is -1.37. The van der Waals surface area contributed by atoms with Gasteiger partial charge in [0.15, 0.2) is 0 Å². The van der Waals surface area contributed by atoms with Crippen molar-refractivity contribution in [1.29, 1.82) is 0 Å². The summed E-state index contributed by atoms with van der Waals surface area (Å²) in [4.78, 5) is 65.9. The molecule has 3 aromatic carbocycles. The van der Waals surface area contributed by atoms with Gasteiger partial charge in [0, 0.05) is 12.8 Å². The molecule has 0 aromatic heterocycles. The number of hydrogen-bond donors (Lipinski definition) is 3. The number of hydrogen-bond acceptors (Lipinski definition) is 9. The number of nitrogens with one attached hydrogen (secondary N) is 3. The van der Waals surface area contributed by atoms with E-state index in [9.17, 15) is 24.0 Å². The van der Waals surface area contributed by atoms with E-state index in [4.69, 9.17) is 18.9 Å². The van der Waals surface area contributed by atoms with Crippen LogP contribution >= 0.6 is 0 Å². The zero-order valence-corrected chi connectivity index (χ0v) is 26.7. The predicted molar refractivity (Wildman–Crippen MR) is 170 cm³/mol. The number of fused-ring (bicyclic) bond motifs is 10. The molecule has 3 amide bonds. The van der Waals surface area contributed by atoms with Crippen LogP contribution in [0.15, 0.2) is 78.9 Å². The summed E-state index contributed by atoms with van der Waals surface area (Å²) in [6.45, 7) is 5.01. The molecule has 0 saturated carbocycles. The number of esters is 2. The summed E-state index contributed by atoms with van der Waals surface area (Å²) in [7, 11) is 1.15. The number of amides is 3. The number of rotatable bonds is 6. The van der Waals surface area contributed by atoms with Crippen molar-refractivity contribution in [3.05, 3.63) is 95.6 Å². The van der Waals surface area contributed by atoms with E-state index in [-0.39, 0.29) is 19.4 Å². The van der Waals surface area contributed by atoms with Crippen molar-refractivity contribution >= 4 is 29.8 Å². The van der Waals surface area contributed by atoms with E-state index in [0.29, 0.717) is 22.6 Å². The molecule has 0 aliphatic carbocycles. The Morgan fingerprint density at radius 1 is 0.851 bits per heavy atom. The van der Waals surface area contributed by atoms with Gasteiger partial charge in [-0.25, -0.2) is 9.59 Å². The van der Waals surface area contributed by atoms with E-state index >= 15 is 0 Å². The highest BCUT2D eigenvalue weighted by Gasteiger charge is 2.33. The Hall–Kier alpha value is -5.39. The topological polar surface area (TPSA) is 158 Å². The molecule has 12 nitrogen and oxygen atoms in total. The van der Waals surface area contributed by atoms with E-state index in [2.05, 4.69) is 16.0 Å². The Kier molecular flexibility index (Phi) is 11.6. The third-order valence-electron chi connectivity index (χ3n) is 7.00. The van der Waals surface area contributed by atoms with Crippen molar-refractivity contribution in [2.75, 3.05) is 7.11 Å². The molecular formula is C35H39N3O9. The summed E-state index contributed by atoms with van der Waals surface area (Å²) in [6, 6.07) is 19.1. The first-order valence-corrected chi connectivity index (χ1v) is 15.1. The molecule has 0 spiro atoms. The molecule has 3 aromatic rings. The van der Waals surface area contributed by atoms with Crippen LogP contribution in [0.3, 0.4) is 0 Å². The largest absolute Gasteiger partial charge is 0.469 e. The second-order valence-corrected chi connectivity index (χ2v) is 12.0. The summed E-state index contributed by atoms with van der Waals surface area (Å²) in [5.74, 6) is -2.10. The van der Waals surface area contributed by atoms with Crippen molar-refractivity contribution < 1.29 is 42.9 Å². The fourth-order valence-electron chi connectivity index (χ4n) is 4.72. The molecule has 0 saturated heterocycles. The van der Waals surface area contributed by atoms with Gasteiger partial charge in [0.1, 0.15) is 41.8 Å². The number of methoxy groups -OCH3 is 1. The first kappa shape index (κ1) is 34.5. The van der Waals surface area contributed by atoms with E-state index in [0.717, 1.165) is 12.7 Å². The number of alkyl carbamates (subject to hydrolysis) is 1. The van der Waals surface area contributed by atoms with Crippen LogP contribution in [-0.2, 0) is 52.8 Å². The highest BCUT2D eigenvalue weighted by Crippen LogP contribution is 2.24. The normalized spacial score (nSPS) is 18.4. The van der Waals surface area contributed by atoms with Gasteiger partial charge in [-0.2, -0.15) is 0 Å². The smallest absolute Gasteiger partial charge is 0.408 e. The Morgan fingerprint density at radius 2 is 1.57 bits per heavy atom. The molecule has 248 valence electrons. The van der Waals surface area contributed by atoms with Gasteiger partial charge >= 0.3 is 18.0 Å². The first-order chi connectivity index (χ1) is 22.4. The van der Waals surface area contributed by atoms with Gasteiger partial charge in [0.05, 0.1) is 13.5 Å². The average Bonchev–Trinajstić information content (AvgIpc) is 3.02.